The Hall–Kier alpha value is -2.67. The zero-order valence-electron chi connectivity index (χ0n) is 14.0. The lowest BCUT2D eigenvalue weighted by atomic mass is 9.94. The number of halogens is 1. The predicted octanol–water partition coefficient (Wildman–Crippen LogP) is 4.20. The van der Waals surface area contributed by atoms with E-state index in [2.05, 4.69) is 4.72 Å². The normalized spacial score (nSPS) is 14.5. The molecular weight excluding hydrogens is 357 g/mol. The lowest BCUT2D eigenvalue weighted by Gasteiger charge is -2.11. The fourth-order valence-corrected chi connectivity index (χ4v) is 4.63. The van der Waals surface area contributed by atoms with Crippen LogP contribution in [0.1, 0.15) is 34.5 Å². The molecule has 0 fully saturated rings. The molecule has 0 saturated carbocycles. The van der Waals surface area contributed by atoms with Gasteiger partial charge in [-0.15, -0.1) is 0 Å². The highest BCUT2D eigenvalue weighted by Crippen LogP contribution is 2.34. The first-order valence-electron chi connectivity index (χ1n) is 8.23. The summed E-state index contributed by atoms with van der Waals surface area (Å²) in [4.78, 5) is 12.2. The van der Waals surface area contributed by atoms with Crippen molar-refractivity contribution in [1.29, 1.82) is 0 Å². The van der Waals surface area contributed by atoms with Crippen molar-refractivity contribution in [3.63, 3.8) is 0 Å². The number of Topliss-reactive ketones (excluding diaryl/α,β-unsaturated/α-hetero) is 1. The van der Waals surface area contributed by atoms with Gasteiger partial charge in [0.15, 0.2) is 5.78 Å². The van der Waals surface area contributed by atoms with Gasteiger partial charge in [-0.05, 0) is 55.3 Å². The van der Waals surface area contributed by atoms with E-state index in [-0.39, 0.29) is 10.7 Å². The van der Waals surface area contributed by atoms with Crippen LogP contribution >= 0.6 is 0 Å². The monoisotopic (exact) mass is 373 g/mol. The van der Waals surface area contributed by atoms with Crippen molar-refractivity contribution >= 4 is 32.5 Å². The van der Waals surface area contributed by atoms with Crippen molar-refractivity contribution in [2.45, 2.75) is 31.1 Å². The molecule has 3 aromatic rings. The summed E-state index contributed by atoms with van der Waals surface area (Å²) < 4.78 is 46.7. The number of ketones is 1. The number of fused-ring (bicyclic) bond motifs is 3. The molecule has 1 aliphatic carbocycles. The molecule has 0 saturated heterocycles. The number of furan rings is 1. The van der Waals surface area contributed by atoms with Crippen LogP contribution in [-0.4, -0.2) is 14.2 Å². The zero-order valence-corrected chi connectivity index (χ0v) is 14.8. The summed E-state index contributed by atoms with van der Waals surface area (Å²) in [5.41, 5.74) is 1.74. The highest BCUT2D eigenvalue weighted by molar-refractivity contribution is 7.92. The second-order valence-electron chi connectivity index (χ2n) is 6.40. The molecule has 1 N–H and O–H groups in total. The van der Waals surface area contributed by atoms with Gasteiger partial charge >= 0.3 is 0 Å². The average molecular weight is 373 g/mol. The fourth-order valence-electron chi connectivity index (χ4n) is 3.35. The van der Waals surface area contributed by atoms with Crippen molar-refractivity contribution in [3.8, 4) is 0 Å². The van der Waals surface area contributed by atoms with Crippen LogP contribution in [0.4, 0.5) is 10.1 Å². The quantitative estimate of drug-likeness (QED) is 0.746. The second kappa shape index (κ2) is 5.95. The Morgan fingerprint density at radius 1 is 1.12 bits per heavy atom. The molecule has 0 aliphatic heterocycles. The van der Waals surface area contributed by atoms with Crippen LogP contribution in [0.2, 0.25) is 0 Å². The number of rotatable bonds is 3. The summed E-state index contributed by atoms with van der Waals surface area (Å²) in [6.07, 6.45) is 1.92. The first kappa shape index (κ1) is 16.8. The Kier molecular flexibility index (Phi) is 3.84. The Morgan fingerprint density at radius 2 is 1.92 bits per heavy atom. The van der Waals surface area contributed by atoms with Crippen molar-refractivity contribution in [3.05, 3.63) is 59.1 Å². The van der Waals surface area contributed by atoms with Gasteiger partial charge in [-0.2, -0.15) is 0 Å². The highest BCUT2D eigenvalue weighted by Gasteiger charge is 2.25. The third-order valence-electron chi connectivity index (χ3n) is 4.53. The maximum Gasteiger partial charge on any atom is 0.262 e. The van der Waals surface area contributed by atoms with E-state index in [1.165, 1.54) is 19.1 Å². The third-order valence-corrected chi connectivity index (χ3v) is 6.07. The number of aryl methyl sites for hydroxylation is 2. The molecule has 0 radical (unpaired) electrons. The van der Waals surface area contributed by atoms with E-state index >= 15 is 0 Å². The largest absolute Gasteiger partial charge is 0.460 e. The predicted molar refractivity (Wildman–Crippen MR) is 95.4 cm³/mol. The van der Waals surface area contributed by atoms with Gasteiger partial charge in [0.1, 0.15) is 17.2 Å². The fraction of sp³-hybridized carbons (Fsp3) is 0.211. The Labute approximate surface area is 149 Å². The Balaban J connectivity index is 1.75. The standard InChI is InChI=1S/C19H16FNO4S/c1-11-9-12(20)5-8-18(11)26(23,24)21-13-6-7-16-14(10-13)19-15(22)3-2-4-17(19)25-16/h5-10,21H,2-4H2,1H3. The maximum atomic E-state index is 13.2. The minimum absolute atomic E-state index is 0.00398. The average Bonchev–Trinajstić information content (AvgIpc) is 2.93. The van der Waals surface area contributed by atoms with E-state index in [4.69, 9.17) is 4.42 Å². The lowest BCUT2D eigenvalue weighted by Crippen LogP contribution is -2.14. The molecule has 1 aromatic heterocycles. The van der Waals surface area contributed by atoms with E-state index in [1.54, 1.807) is 18.2 Å². The second-order valence-corrected chi connectivity index (χ2v) is 8.05. The van der Waals surface area contributed by atoms with E-state index in [0.29, 0.717) is 46.4 Å². The number of sulfonamides is 1. The molecule has 134 valence electrons. The van der Waals surface area contributed by atoms with Crippen molar-refractivity contribution in [2.24, 2.45) is 0 Å². The van der Waals surface area contributed by atoms with Crippen molar-refractivity contribution in [2.75, 3.05) is 4.72 Å². The first-order valence-corrected chi connectivity index (χ1v) is 9.71. The number of benzene rings is 2. The molecule has 1 aliphatic rings. The van der Waals surface area contributed by atoms with E-state index in [9.17, 15) is 17.6 Å². The van der Waals surface area contributed by atoms with Crippen molar-refractivity contribution < 1.29 is 22.0 Å². The van der Waals surface area contributed by atoms with Crippen LogP contribution < -0.4 is 4.72 Å². The first-order chi connectivity index (χ1) is 12.3. The number of anilines is 1. The van der Waals surface area contributed by atoms with Gasteiger partial charge in [0.25, 0.3) is 10.0 Å². The van der Waals surface area contributed by atoms with E-state index in [1.807, 2.05) is 0 Å². The van der Waals surface area contributed by atoms with Crippen molar-refractivity contribution in [1.82, 2.24) is 0 Å². The molecule has 0 atom stereocenters. The SMILES string of the molecule is Cc1cc(F)ccc1S(=O)(=O)Nc1ccc2oc3c(c2c1)C(=O)CCC3. The summed E-state index contributed by atoms with van der Waals surface area (Å²) in [6, 6.07) is 8.35. The van der Waals surface area contributed by atoms with Crippen LogP contribution in [-0.2, 0) is 16.4 Å². The summed E-state index contributed by atoms with van der Waals surface area (Å²) in [5.74, 6) is 0.177. The van der Waals surface area contributed by atoms with E-state index < -0.39 is 15.8 Å². The number of hydrogen-bond acceptors (Lipinski definition) is 4. The molecule has 0 bridgehead atoms. The van der Waals surface area contributed by atoms with Crippen LogP contribution in [0, 0.1) is 12.7 Å². The topological polar surface area (TPSA) is 76.4 Å². The minimum Gasteiger partial charge on any atom is -0.460 e. The molecule has 2 aromatic carbocycles. The van der Waals surface area contributed by atoms with Gasteiger partial charge in [0.05, 0.1) is 10.5 Å². The number of carbonyl (C=O) groups is 1. The van der Waals surface area contributed by atoms with Gasteiger partial charge in [0.2, 0.25) is 0 Å². The van der Waals surface area contributed by atoms with Gasteiger partial charge in [-0.1, -0.05) is 0 Å². The lowest BCUT2D eigenvalue weighted by molar-refractivity contribution is 0.0971. The molecule has 7 heteroatoms. The molecule has 5 nitrogen and oxygen atoms in total. The van der Waals surface area contributed by atoms with Crippen LogP contribution in [0.3, 0.4) is 0 Å². The molecule has 0 spiro atoms. The summed E-state index contributed by atoms with van der Waals surface area (Å²) >= 11 is 0. The summed E-state index contributed by atoms with van der Waals surface area (Å²) in [6.45, 7) is 1.53. The van der Waals surface area contributed by atoms with Crippen LogP contribution in [0.25, 0.3) is 11.0 Å². The number of carbonyl (C=O) groups excluding carboxylic acids is 1. The minimum atomic E-state index is -3.88. The van der Waals surface area contributed by atoms with Gasteiger partial charge < -0.3 is 4.42 Å². The van der Waals surface area contributed by atoms with Crippen LogP contribution in [0.15, 0.2) is 45.7 Å². The van der Waals surface area contributed by atoms with E-state index in [0.717, 1.165) is 12.5 Å². The number of hydrogen-bond donors (Lipinski definition) is 1. The summed E-state index contributed by atoms with van der Waals surface area (Å²) in [5, 5.41) is 0.612. The molecular formula is C19H16FNO4S. The Bertz CT molecular complexity index is 1150. The number of nitrogens with one attached hydrogen (secondary N) is 1. The molecule has 4 rings (SSSR count). The molecule has 1 heterocycles. The van der Waals surface area contributed by atoms with Gasteiger partial charge in [0, 0.05) is 23.9 Å². The van der Waals surface area contributed by atoms with Gasteiger partial charge in [-0.25, -0.2) is 12.8 Å². The molecule has 0 unspecified atom stereocenters. The third kappa shape index (κ3) is 2.78. The smallest absolute Gasteiger partial charge is 0.262 e. The van der Waals surface area contributed by atoms with Gasteiger partial charge in [-0.3, -0.25) is 9.52 Å². The highest BCUT2D eigenvalue weighted by atomic mass is 32.2. The Morgan fingerprint density at radius 3 is 2.69 bits per heavy atom. The summed E-state index contributed by atoms with van der Waals surface area (Å²) in [7, 11) is -3.88. The molecule has 0 amide bonds. The molecule has 26 heavy (non-hydrogen) atoms. The van der Waals surface area contributed by atoms with Crippen LogP contribution in [0.5, 0.6) is 0 Å². The maximum absolute atomic E-state index is 13.2. The zero-order chi connectivity index (χ0) is 18.5.